The van der Waals surface area contributed by atoms with Gasteiger partial charge in [0.25, 0.3) is 0 Å². The van der Waals surface area contributed by atoms with Gasteiger partial charge in [-0.2, -0.15) is 0 Å². The van der Waals surface area contributed by atoms with Gasteiger partial charge in [0.2, 0.25) is 0 Å². The molecule has 0 aliphatic heterocycles. The van der Waals surface area contributed by atoms with Crippen LogP contribution < -0.4 is 4.74 Å². The van der Waals surface area contributed by atoms with Crippen molar-refractivity contribution in [1.29, 1.82) is 0 Å². The minimum Gasteiger partial charge on any atom is -0.487 e. The molecule has 106 valence electrons. The van der Waals surface area contributed by atoms with E-state index in [4.69, 9.17) is 39.5 Å². The molecule has 0 aliphatic carbocycles. The van der Waals surface area contributed by atoms with E-state index < -0.39 is 5.82 Å². The fourth-order valence-corrected chi connectivity index (χ4v) is 2.49. The Morgan fingerprint density at radius 2 is 1.80 bits per heavy atom. The van der Waals surface area contributed by atoms with Gasteiger partial charge in [-0.05, 0) is 18.2 Å². The van der Waals surface area contributed by atoms with E-state index in [1.54, 1.807) is 12.1 Å². The van der Waals surface area contributed by atoms with E-state index in [2.05, 4.69) is 0 Å². The van der Waals surface area contributed by atoms with Gasteiger partial charge < -0.3 is 9.84 Å². The number of hydrogen-bond donors (Lipinski definition) is 1. The van der Waals surface area contributed by atoms with Crippen LogP contribution >= 0.6 is 34.8 Å². The number of halogens is 4. The molecule has 0 atom stereocenters. The summed E-state index contributed by atoms with van der Waals surface area (Å²) in [6.45, 7) is -0.339. The van der Waals surface area contributed by atoms with Crippen molar-refractivity contribution >= 4 is 34.8 Å². The minimum atomic E-state index is -0.537. The molecule has 0 heterocycles. The predicted octanol–water partition coefficient (Wildman–Crippen LogP) is 4.86. The summed E-state index contributed by atoms with van der Waals surface area (Å²) >= 11 is 17.5. The molecule has 0 saturated heterocycles. The molecular weight excluding hydrogens is 326 g/mol. The molecule has 1 N–H and O–H groups in total. The lowest BCUT2D eigenvalue weighted by atomic mass is 10.2. The van der Waals surface area contributed by atoms with E-state index >= 15 is 0 Å². The van der Waals surface area contributed by atoms with Crippen molar-refractivity contribution in [2.75, 3.05) is 0 Å². The van der Waals surface area contributed by atoms with Crippen molar-refractivity contribution in [1.82, 2.24) is 0 Å². The summed E-state index contributed by atoms with van der Waals surface area (Å²) in [5.41, 5.74) is 0.734. The van der Waals surface area contributed by atoms with Crippen LogP contribution in [0, 0.1) is 5.82 Å². The fraction of sp³-hybridized carbons (Fsp3) is 0.143. The van der Waals surface area contributed by atoms with Gasteiger partial charge in [0.1, 0.15) is 18.2 Å². The number of aliphatic hydroxyl groups is 1. The summed E-state index contributed by atoms with van der Waals surface area (Å²) in [6, 6.07) is 7.67. The van der Waals surface area contributed by atoms with Crippen LogP contribution in [-0.4, -0.2) is 5.11 Å². The maximum atomic E-state index is 13.7. The Morgan fingerprint density at radius 1 is 1.05 bits per heavy atom. The lowest BCUT2D eigenvalue weighted by Gasteiger charge is -2.13. The van der Waals surface area contributed by atoms with Gasteiger partial charge in [0.15, 0.2) is 0 Å². The van der Waals surface area contributed by atoms with E-state index in [0.29, 0.717) is 16.1 Å². The van der Waals surface area contributed by atoms with Gasteiger partial charge in [-0.1, -0.05) is 46.9 Å². The van der Waals surface area contributed by atoms with Crippen LogP contribution in [-0.2, 0) is 13.2 Å². The van der Waals surface area contributed by atoms with Crippen LogP contribution in [0.5, 0.6) is 5.75 Å². The zero-order valence-corrected chi connectivity index (χ0v) is 12.4. The van der Waals surface area contributed by atoms with E-state index in [-0.39, 0.29) is 29.0 Å². The molecule has 2 aromatic carbocycles. The van der Waals surface area contributed by atoms with Gasteiger partial charge in [0.05, 0.1) is 16.7 Å². The second-order valence-corrected chi connectivity index (χ2v) is 5.29. The molecular formula is C14H10Cl3FO2. The average molecular weight is 336 g/mol. The van der Waals surface area contributed by atoms with Crippen LogP contribution in [0.2, 0.25) is 15.1 Å². The summed E-state index contributed by atoms with van der Waals surface area (Å²) in [7, 11) is 0. The third-order valence-corrected chi connectivity index (χ3v) is 3.45. The van der Waals surface area contributed by atoms with Crippen molar-refractivity contribution in [3.8, 4) is 5.75 Å². The lowest BCUT2D eigenvalue weighted by molar-refractivity contribution is 0.257. The highest BCUT2D eigenvalue weighted by atomic mass is 35.5. The van der Waals surface area contributed by atoms with Crippen LogP contribution in [0.25, 0.3) is 0 Å². The van der Waals surface area contributed by atoms with Crippen molar-refractivity contribution in [2.24, 2.45) is 0 Å². The molecule has 0 fully saturated rings. The average Bonchev–Trinajstić information content (AvgIpc) is 2.41. The van der Waals surface area contributed by atoms with Crippen LogP contribution in [0.1, 0.15) is 11.1 Å². The van der Waals surface area contributed by atoms with Crippen LogP contribution in [0.3, 0.4) is 0 Å². The summed E-state index contributed by atoms with van der Waals surface area (Å²) in [5.74, 6) is -0.261. The monoisotopic (exact) mass is 334 g/mol. The zero-order valence-electron chi connectivity index (χ0n) is 10.2. The molecule has 20 heavy (non-hydrogen) atoms. The predicted molar refractivity (Wildman–Crippen MR) is 78.1 cm³/mol. The molecule has 0 aromatic heterocycles. The highest BCUT2D eigenvalue weighted by Crippen LogP contribution is 2.33. The Labute approximate surface area is 130 Å². The molecule has 0 spiro atoms. The molecule has 0 aliphatic rings. The number of benzene rings is 2. The number of hydrogen-bond acceptors (Lipinski definition) is 2. The largest absolute Gasteiger partial charge is 0.487 e. The highest BCUT2D eigenvalue weighted by molar-refractivity contribution is 6.35. The van der Waals surface area contributed by atoms with E-state index in [9.17, 15) is 9.50 Å². The first-order chi connectivity index (χ1) is 9.52. The molecule has 2 aromatic rings. The normalized spacial score (nSPS) is 10.7. The Kier molecular flexibility index (Phi) is 5.11. The molecule has 0 amide bonds. The Morgan fingerprint density at radius 3 is 2.50 bits per heavy atom. The number of rotatable bonds is 4. The van der Waals surface area contributed by atoms with Gasteiger partial charge >= 0.3 is 0 Å². The van der Waals surface area contributed by atoms with E-state index in [1.807, 2.05) is 0 Å². The van der Waals surface area contributed by atoms with Gasteiger partial charge in [-0.15, -0.1) is 0 Å². The molecule has 6 heteroatoms. The summed E-state index contributed by atoms with van der Waals surface area (Å²) in [5, 5.41) is 9.94. The first-order valence-electron chi connectivity index (χ1n) is 5.67. The summed E-state index contributed by atoms with van der Waals surface area (Å²) < 4.78 is 19.2. The quantitative estimate of drug-likeness (QED) is 0.865. The summed E-state index contributed by atoms with van der Waals surface area (Å²) in [4.78, 5) is 0. The standard InChI is InChI=1S/C14H10Cl3FO2/c15-10-4-9(6-19)14(12(17)5-10)20-7-8-2-1-3-11(16)13(8)18/h1-5,19H,6-7H2. The van der Waals surface area contributed by atoms with Crippen LogP contribution in [0.4, 0.5) is 4.39 Å². The van der Waals surface area contributed by atoms with Crippen LogP contribution in [0.15, 0.2) is 30.3 Å². The molecule has 0 bridgehead atoms. The summed E-state index contributed by atoms with van der Waals surface area (Å²) in [6.07, 6.45) is 0. The van der Waals surface area contributed by atoms with Crippen molar-refractivity contribution < 1.29 is 14.2 Å². The van der Waals surface area contributed by atoms with E-state index in [1.165, 1.54) is 18.2 Å². The van der Waals surface area contributed by atoms with Gasteiger partial charge in [0, 0.05) is 16.1 Å². The third kappa shape index (κ3) is 3.36. The second kappa shape index (κ2) is 6.64. The van der Waals surface area contributed by atoms with Gasteiger partial charge in [-0.3, -0.25) is 0 Å². The lowest BCUT2D eigenvalue weighted by Crippen LogP contribution is -2.02. The topological polar surface area (TPSA) is 29.5 Å². The van der Waals surface area contributed by atoms with Gasteiger partial charge in [-0.25, -0.2) is 4.39 Å². The Hall–Kier alpha value is -1.00. The highest BCUT2D eigenvalue weighted by Gasteiger charge is 2.12. The maximum Gasteiger partial charge on any atom is 0.148 e. The Balaban J connectivity index is 2.25. The first kappa shape index (κ1) is 15.4. The fourth-order valence-electron chi connectivity index (χ4n) is 1.70. The molecule has 2 rings (SSSR count). The molecule has 0 radical (unpaired) electrons. The van der Waals surface area contributed by atoms with E-state index in [0.717, 1.165) is 0 Å². The number of ether oxygens (including phenoxy) is 1. The number of aliphatic hydroxyl groups excluding tert-OH is 1. The molecule has 0 saturated carbocycles. The van der Waals surface area contributed by atoms with Crippen molar-refractivity contribution in [3.63, 3.8) is 0 Å². The second-order valence-electron chi connectivity index (χ2n) is 4.04. The SMILES string of the molecule is OCc1cc(Cl)cc(Cl)c1OCc1cccc(Cl)c1F. The molecule has 2 nitrogen and oxygen atoms in total. The Bertz CT molecular complexity index is 632. The van der Waals surface area contributed by atoms with Crippen molar-refractivity contribution in [3.05, 3.63) is 62.3 Å². The first-order valence-corrected chi connectivity index (χ1v) is 6.80. The van der Waals surface area contributed by atoms with Crippen molar-refractivity contribution in [2.45, 2.75) is 13.2 Å². The third-order valence-electron chi connectivity index (χ3n) is 2.66. The maximum absolute atomic E-state index is 13.7. The minimum absolute atomic E-state index is 0.0238. The zero-order chi connectivity index (χ0) is 14.7. The molecule has 0 unspecified atom stereocenters. The smallest absolute Gasteiger partial charge is 0.148 e.